The number of para-hydroxylation sites is 1. The van der Waals surface area contributed by atoms with E-state index in [0.717, 1.165) is 26.5 Å². The summed E-state index contributed by atoms with van der Waals surface area (Å²) < 4.78 is 1.09. The van der Waals surface area contributed by atoms with Gasteiger partial charge in [-0.1, -0.05) is 53.3 Å². The fraction of sp³-hybridized carbons (Fsp3) is 0.167. The molecular weight excluding hydrogens is 320 g/mol. The topological polar surface area (TPSA) is 66.4 Å². The van der Waals surface area contributed by atoms with Gasteiger partial charge < -0.3 is 5.32 Å². The lowest BCUT2D eigenvalue weighted by atomic mass is 10.2. The van der Waals surface area contributed by atoms with Crippen molar-refractivity contribution in [2.45, 2.75) is 19.9 Å². The largest absolute Gasteiger partial charge is 0.350 e. The van der Waals surface area contributed by atoms with Crippen molar-refractivity contribution in [3.05, 3.63) is 59.7 Å². The molecule has 0 fully saturated rings. The number of nitrogens with one attached hydrogen (secondary N) is 2. The number of nitrogens with zero attached hydrogens (tertiary/aromatic N) is 2. The number of hydrogen-bond donors (Lipinski definition) is 2. The first-order chi connectivity index (χ1) is 11.6. The Balaban J connectivity index is 1.58. The van der Waals surface area contributed by atoms with Crippen LogP contribution < -0.4 is 10.7 Å². The molecule has 0 radical (unpaired) electrons. The molecule has 122 valence electrons. The number of aromatic nitrogens is 1. The lowest BCUT2D eigenvalue weighted by Crippen LogP contribution is -2.34. The molecule has 0 spiro atoms. The summed E-state index contributed by atoms with van der Waals surface area (Å²) in [6, 6.07) is 15.4. The molecule has 1 aromatic heterocycles. The van der Waals surface area contributed by atoms with Gasteiger partial charge in [-0.15, -0.1) is 0 Å². The number of aryl methyl sites for hydroxylation is 1. The van der Waals surface area contributed by atoms with Crippen molar-refractivity contribution in [3.63, 3.8) is 0 Å². The van der Waals surface area contributed by atoms with Crippen LogP contribution in [0.4, 0.5) is 5.13 Å². The van der Waals surface area contributed by atoms with E-state index < -0.39 is 6.04 Å². The predicted octanol–water partition coefficient (Wildman–Crippen LogP) is 3.56. The molecule has 2 aromatic carbocycles. The van der Waals surface area contributed by atoms with E-state index in [4.69, 9.17) is 0 Å². The molecule has 1 amide bonds. The van der Waals surface area contributed by atoms with E-state index in [1.54, 1.807) is 13.1 Å². The minimum atomic E-state index is -0.430. The van der Waals surface area contributed by atoms with Crippen LogP contribution in [0.2, 0.25) is 0 Å². The first-order valence-corrected chi connectivity index (χ1v) is 8.45. The minimum absolute atomic E-state index is 0.210. The quantitative estimate of drug-likeness (QED) is 0.552. The molecule has 3 aromatic rings. The molecule has 5 nitrogen and oxygen atoms in total. The third-order valence-corrected chi connectivity index (χ3v) is 4.43. The average Bonchev–Trinajstić information content (AvgIpc) is 2.97. The second-order valence-electron chi connectivity index (χ2n) is 5.50. The van der Waals surface area contributed by atoms with Crippen molar-refractivity contribution in [1.29, 1.82) is 0 Å². The Hall–Kier alpha value is -2.73. The number of hydrogen-bond acceptors (Lipinski definition) is 5. The van der Waals surface area contributed by atoms with Crippen molar-refractivity contribution >= 4 is 38.8 Å². The van der Waals surface area contributed by atoms with Crippen LogP contribution in [0.3, 0.4) is 0 Å². The first-order valence-electron chi connectivity index (χ1n) is 7.63. The van der Waals surface area contributed by atoms with E-state index in [1.807, 2.05) is 55.5 Å². The number of rotatable bonds is 5. The monoisotopic (exact) mass is 338 g/mol. The van der Waals surface area contributed by atoms with Crippen LogP contribution in [0.5, 0.6) is 0 Å². The second kappa shape index (κ2) is 7.23. The van der Waals surface area contributed by atoms with Crippen molar-refractivity contribution in [1.82, 2.24) is 10.4 Å². The Labute approximate surface area is 144 Å². The standard InChI is InChI=1S/C18H18N4OS/c1-12-6-5-7-14(10-12)11-19-22-17(23)13(2)20-18-21-15-8-3-4-9-16(15)24-18/h3-11,13H,1-2H3,(H,20,21)(H,22,23)/b19-11-/t13-/m0/s1. The molecule has 0 bridgehead atoms. The lowest BCUT2D eigenvalue weighted by molar-refractivity contribution is -0.121. The fourth-order valence-corrected chi connectivity index (χ4v) is 3.16. The van der Waals surface area contributed by atoms with E-state index in [0.29, 0.717) is 0 Å². The Bertz CT molecular complexity index is 854. The van der Waals surface area contributed by atoms with Gasteiger partial charge in [0.25, 0.3) is 5.91 Å². The predicted molar refractivity (Wildman–Crippen MR) is 99.6 cm³/mol. The SMILES string of the molecule is Cc1cccc(/C=N\NC(=O)[C@H](C)Nc2nc3ccccc3s2)c1. The van der Waals surface area contributed by atoms with Crippen LogP contribution in [0, 0.1) is 6.92 Å². The van der Waals surface area contributed by atoms with Crippen molar-refractivity contribution in [2.24, 2.45) is 5.10 Å². The smallest absolute Gasteiger partial charge is 0.262 e. The van der Waals surface area contributed by atoms with Gasteiger partial charge >= 0.3 is 0 Å². The summed E-state index contributed by atoms with van der Waals surface area (Å²) >= 11 is 1.52. The summed E-state index contributed by atoms with van der Waals surface area (Å²) in [6.07, 6.45) is 1.63. The summed E-state index contributed by atoms with van der Waals surface area (Å²) in [5, 5.41) is 7.84. The van der Waals surface area contributed by atoms with Gasteiger partial charge in [-0.25, -0.2) is 10.4 Å². The van der Waals surface area contributed by atoms with E-state index in [1.165, 1.54) is 11.3 Å². The zero-order valence-corrected chi connectivity index (χ0v) is 14.3. The molecule has 1 heterocycles. The number of hydrazone groups is 1. The van der Waals surface area contributed by atoms with Crippen molar-refractivity contribution in [3.8, 4) is 0 Å². The highest BCUT2D eigenvalue weighted by Gasteiger charge is 2.13. The van der Waals surface area contributed by atoms with E-state index >= 15 is 0 Å². The molecule has 6 heteroatoms. The molecule has 2 N–H and O–H groups in total. The van der Waals surface area contributed by atoms with Gasteiger partial charge in [0.2, 0.25) is 0 Å². The van der Waals surface area contributed by atoms with Gasteiger partial charge in [-0.3, -0.25) is 4.79 Å². The van der Waals surface area contributed by atoms with Crippen LogP contribution in [0.1, 0.15) is 18.1 Å². The third kappa shape index (κ3) is 3.97. The Kier molecular flexibility index (Phi) is 4.86. The summed E-state index contributed by atoms with van der Waals surface area (Å²) in [7, 11) is 0. The van der Waals surface area contributed by atoms with E-state index in [-0.39, 0.29) is 5.91 Å². The Morgan fingerprint density at radius 1 is 1.25 bits per heavy atom. The highest BCUT2D eigenvalue weighted by molar-refractivity contribution is 7.22. The summed E-state index contributed by atoms with van der Waals surface area (Å²) in [5.74, 6) is -0.210. The number of fused-ring (bicyclic) bond motifs is 1. The minimum Gasteiger partial charge on any atom is -0.350 e. The summed E-state index contributed by atoms with van der Waals surface area (Å²) in [6.45, 7) is 3.80. The number of carbonyl (C=O) groups is 1. The third-order valence-electron chi connectivity index (χ3n) is 3.46. The first kappa shape index (κ1) is 16.1. The van der Waals surface area contributed by atoms with Crippen LogP contribution in [0.25, 0.3) is 10.2 Å². The van der Waals surface area contributed by atoms with Gasteiger partial charge in [-0.2, -0.15) is 5.10 Å². The Morgan fingerprint density at radius 3 is 2.88 bits per heavy atom. The number of carbonyl (C=O) groups excluding carboxylic acids is 1. The van der Waals surface area contributed by atoms with Gasteiger partial charge in [0, 0.05) is 0 Å². The Morgan fingerprint density at radius 2 is 2.08 bits per heavy atom. The van der Waals surface area contributed by atoms with Gasteiger partial charge in [0.05, 0.1) is 16.4 Å². The summed E-state index contributed by atoms with van der Waals surface area (Å²) in [4.78, 5) is 16.6. The van der Waals surface area contributed by atoms with Gasteiger partial charge in [0.1, 0.15) is 6.04 Å². The second-order valence-corrected chi connectivity index (χ2v) is 6.53. The molecule has 24 heavy (non-hydrogen) atoms. The number of thiazole rings is 1. The zero-order valence-electron chi connectivity index (χ0n) is 13.5. The van der Waals surface area contributed by atoms with Crippen LogP contribution >= 0.6 is 11.3 Å². The zero-order chi connectivity index (χ0) is 16.9. The maximum absolute atomic E-state index is 12.1. The molecule has 0 saturated heterocycles. The molecule has 1 atom stereocenters. The molecule has 0 aliphatic rings. The van der Waals surface area contributed by atoms with Crippen molar-refractivity contribution in [2.75, 3.05) is 5.32 Å². The molecular formula is C18H18N4OS. The van der Waals surface area contributed by atoms with Crippen molar-refractivity contribution < 1.29 is 4.79 Å². The van der Waals surface area contributed by atoms with Crippen LogP contribution in [-0.2, 0) is 4.79 Å². The fourth-order valence-electron chi connectivity index (χ4n) is 2.20. The molecule has 0 saturated carbocycles. The van der Waals surface area contributed by atoms with Gasteiger partial charge in [0.15, 0.2) is 5.13 Å². The molecule has 0 aliphatic heterocycles. The lowest BCUT2D eigenvalue weighted by Gasteiger charge is -2.10. The van der Waals surface area contributed by atoms with Gasteiger partial charge in [-0.05, 0) is 31.5 Å². The highest BCUT2D eigenvalue weighted by Crippen LogP contribution is 2.25. The van der Waals surface area contributed by atoms with E-state index in [9.17, 15) is 4.79 Å². The van der Waals surface area contributed by atoms with Crippen LogP contribution in [0.15, 0.2) is 53.6 Å². The molecule has 3 rings (SSSR count). The van der Waals surface area contributed by atoms with Crippen LogP contribution in [-0.4, -0.2) is 23.1 Å². The summed E-state index contributed by atoms with van der Waals surface area (Å²) in [5.41, 5.74) is 5.57. The molecule has 0 unspecified atom stereocenters. The van der Waals surface area contributed by atoms with E-state index in [2.05, 4.69) is 20.8 Å². The highest BCUT2D eigenvalue weighted by atomic mass is 32.1. The number of anilines is 1. The maximum Gasteiger partial charge on any atom is 0.262 e. The average molecular weight is 338 g/mol. The number of benzene rings is 2. The maximum atomic E-state index is 12.1. The molecule has 0 aliphatic carbocycles. The normalized spacial score (nSPS) is 12.4. The number of amides is 1.